The van der Waals surface area contributed by atoms with Gasteiger partial charge in [-0.05, 0) is 27.2 Å². The first-order valence-electron chi connectivity index (χ1n) is 5.98. The van der Waals surface area contributed by atoms with Crippen molar-refractivity contribution < 1.29 is 14.1 Å². The third kappa shape index (κ3) is 3.58. The molecule has 100 valence electrons. The maximum Gasteiger partial charge on any atom is 0.257 e. The highest BCUT2D eigenvalue weighted by atomic mass is 16.5. The van der Waals surface area contributed by atoms with E-state index < -0.39 is 0 Å². The van der Waals surface area contributed by atoms with Gasteiger partial charge in [0.1, 0.15) is 11.3 Å². The van der Waals surface area contributed by atoms with Crippen LogP contribution in [0.4, 0.5) is 0 Å². The van der Waals surface area contributed by atoms with Gasteiger partial charge in [0.25, 0.3) is 5.91 Å². The Bertz CT molecular complexity index is 438. The standard InChI is InChI=1S/C12H19N3O3/c1-5-9-11(8(4)18-15-9)12(17)13-6-10(16)14-7(2)3/h7H,5-6H2,1-4H3,(H,13,17)(H,14,16). The molecule has 2 N–H and O–H groups in total. The van der Waals surface area contributed by atoms with Crippen molar-refractivity contribution in [2.24, 2.45) is 0 Å². The molecule has 1 aromatic rings. The first-order chi connectivity index (χ1) is 8.45. The molecule has 0 radical (unpaired) electrons. The molecule has 1 rings (SSSR count). The highest BCUT2D eigenvalue weighted by Gasteiger charge is 2.19. The Kier molecular flexibility index (Phi) is 4.88. The van der Waals surface area contributed by atoms with E-state index in [-0.39, 0.29) is 24.4 Å². The van der Waals surface area contributed by atoms with Gasteiger partial charge in [-0.25, -0.2) is 0 Å². The van der Waals surface area contributed by atoms with Crippen LogP contribution in [-0.2, 0) is 11.2 Å². The summed E-state index contributed by atoms with van der Waals surface area (Å²) in [6, 6.07) is 0.0536. The fourth-order valence-corrected chi connectivity index (χ4v) is 1.57. The maximum atomic E-state index is 11.9. The minimum absolute atomic E-state index is 0.0508. The summed E-state index contributed by atoms with van der Waals surface area (Å²) in [5.74, 6) is -0.0800. The number of aryl methyl sites for hydroxylation is 2. The van der Waals surface area contributed by atoms with E-state index in [1.807, 2.05) is 20.8 Å². The van der Waals surface area contributed by atoms with E-state index >= 15 is 0 Å². The average Bonchev–Trinajstić information content (AvgIpc) is 2.66. The molecule has 0 aliphatic heterocycles. The molecule has 0 bridgehead atoms. The molecule has 1 heterocycles. The molecule has 0 spiro atoms. The largest absolute Gasteiger partial charge is 0.361 e. The second-order valence-corrected chi connectivity index (χ2v) is 4.32. The molecule has 0 atom stereocenters. The fraction of sp³-hybridized carbons (Fsp3) is 0.583. The number of nitrogens with one attached hydrogen (secondary N) is 2. The Morgan fingerprint density at radius 2 is 2.06 bits per heavy atom. The molecule has 2 amide bonds. The van der Waals surface area contributed by atoms with E-state index in [4.69, 9.17) is 4.52 Å². The molecule has 0 saturated heterocycles. The van der Waals surface area contributed by atoms with E-state index in [2.05, 4.69) is 15.8 Å². The van der Waals surface area contributed by atoms with Crippen LogP contribution in [-0.4, -0.2) is 29.6 Å². The second-order valence-electron chi connectivity index (χ2n) is 4.32. The molecule has 0 fully saturated rings. The molecular weight excluding hydrogens is 234 g/mol. The van der Waals surface area contributed by atoms with Crippen molar-refractivity contribution in [1.29, 1.82) is 0 Å². The van der Waals surface area contributed by atoms with Gasteiger partial charge in [0.15, 0.2) is 0 Å². The molecular formula is C12H19N3O3. The molecule has 0 aliphatic rings. The predicted octanol–water partition coefficient (Wildman–Crippen LogP) is 0.800. The first kappa shape index (κ1) is 14.2. The number of amides is 2. The van der Waals surface area contributed by atoms with Crippen LogP contribution in [0.3, 0.4) is 0 Å². The average molecular weight is 253 g/mol. The van der Waals surface area contributed by atoms with Gasteiger partial charge < -0.3 is 15.2 Å². The quantitative estimate of drug-likeness (QED) is 0.813. The third-order valence-electron chi connectivity index (χ3n) is 2.35. The summed E-state index contributed by atoms with van der Waals surface area (Å²) in [6.45, 7) is 7.23. The Morgan fingerprint density at radius 1 is 1.39 bits per heavy atom. The number of rotatable bonds is 5. The van der Waals surface area contributed by atoms with Gasteiger partial charge >= 0.3 is 0 Å². The monoisotopic (exact) mass is 253 g/mol. The van der Waals surface area contributed by atoms with Gasteiger partial charge in [-0.1, -0.05) is 12.1 Å². The Balaban J connectivity index is 2.60. The lowest BCUT2D eigenvalue weighted by molar-refractivity contribution is -0.120. The van der Waals surface area contributed by atoms with Crippen molar-refractivity contribution in [2.45, 2.75) is 40.2 Å². The van der Waals surface area contributed by atoms with Gasteiger partial charge in [0, 0.05) is 6.04 Å². The summed E-state index contributed by atoms with van der Waals surface area (Å²) in [5, 5.41) is 9.04. The van der Waals surface area contributed by atoms with Gasteiger partial charge in [0.05, 0.1) is 12.2 Å². The zero-order chi connectivity index (χ0) is 13.7. The van der Waals surface area contributed by atoms with Crippen LogP contribution in [0.5, 0.6) is 0 Å². The van der Waals surface area contributed by atoms with Crippen LogP contribution in [0.25, 0.3) is 0 Å². The lowest BCUT2D eigenvalue weighted by Crippen LogP contribution is -2.40. The zero-order valence-electron chi connectivity index (χ0n) is 11.2. The van der Waals surface area contributed by atoms with Gasteiger partial charge in [-0.2, -0.15) is 0 Å². The summed E-state index contributed by atoms with van der Waals surface area (Å²) < 4.78 is 4.97. The second kappa shape index (κ2) is 6.18. The number of carbonyl (C=O) groups is 2. The minimum Gasteiger partial charge on any atom is -0.361 e. The molecule has 6 nitrogen and oxygen atoms in total. The number of aromatic nitrogens is 1. The molecule has 0 unspecified atom stereocenters. The van der Waals surface area contributed by atoms with Gasteiger partial charge in [-0.15, -0.1) is 0 Å². The fourth-order valence-electron chi connectivity index (χ4n) is 1.57. The smallest absolute Gasteiger partial charge is 0.257 e. The Hall–Kier alpha value is -1.85. The summed E-state index contributed by atoms with van der Waals surface area (Å²) in [4.78, 5) is 23.3. The topological polar surface area (TPSA) is 84.2 Å². The Morgan fingerprint density at radius 3 is 2.61 bits per heavy atom. The minimum atomic E-state index is -0.329. The van der Waals surface area contributed by atoms with Crippen LogP contribution < -0.4 is 10.6 Å². The highest BCUT2D eigenvalue weighted by molar-refractivity contribution is 5.98. The van der Waals surface area contributed by atoms with Crippen molar-refractivity contribution in [1.82, 2.24) is 15.8 Å². The SMILES string of the molecule is CCc1noc(C)c1C(=O)NCC(=O)NC(C)C. The summed E-state index contributed by atoms with van der Waals surface area (Å²) in [6.07, 6.45) is 0.609. The third-order valence-corrected chi connectivity index (χ3v) is 2.35. The zero-order valence-corrected chi connectivity index (χ0v) is 11.2. The predicted molar refractivity (Wildman–Crippen MR) is 66.2 cm³/mol. The van der Waals surface area contributed by atoms with Crippen molar-refractivity contribution in [2.75, 3.05) is 6.54 Å². The van der Waals surface area contributed by atoms with Crippen molar-refractivity contribution in [3.8, 4) is 0 Å². The summed E-state index contributed by atoms with van der Waals surface area (Å²) in [7, 11) is 0. The van der Waals surface area contributed by atoms with Crippen molar-refractivity contribution in [3.63, 3.8) is 0 Å². The van der Waals surface area contributed by atoms with Crippen LogP contribution in [0, 0.1) is 6.92 Å². The van der Waals surface area contributed by atoms with Crippen molar-refractivity contribution >= 4 is 11.8 Å². The van der Waals surface area contributed by atoms with E-state index in [1.54, 1.807) is 6.92 Å². The Labute approximate surface area is 106 Å². The number of hydrogen-bond donors (Lipinski definition) is 2. The van der Waals surface area contributed by atoms with E-state index in [0.717, 1.165) is 0 Å². The molecule has 6 heteroatoms. The van der Waals surface area contributed by atoms with Crippen LogP contribution in [0.2, 0.25) is 0 Å². The van der Waals surface area contributed by atoms with Crippen LogP contribution in [0.15, 0.2) is 4.52 Å². The number of carbonyl (C=O) groups excluding carboxylic acids is 2. The maximum absolute atomic E-state index is 11.9. The highest BCUT2D eigenvalue weighted by Crippen LogP contribution is 2.13. The van der Waals surface area contributed by atoms with Crippen LogP contribution >= 0.6 is 0 Å². The molecule has 0 saturated carbocycles. The molecule has 0 aliphatic carbocycles. The number of hydrogen-bond acceptors (Lipinski definition) is 4. The van der Waals surface area contributed by atoms with Crippen molar-refractivity contribution in [3.05, 3.63) is 17.0 Å². The van der Waals surface area contributed by atoms with E-state index in [0.29, 0.717) is 23.4 Å². The van der Waals surface area contributed by atoms with Crippen LogP contribution in [0.1, 0.15) is 42.6 Å². The van der Waals surface area contributed by atoms with Gasteiger partial charge in [-0.3, -0.25) is 9.59 Å². The normalized spacial score (nSPS) is 10.5. The lowest BCUT2D eigenvalue weighted by atomic mass is 10.1. The molecule has 18 heavy (non-hydrogen) atoms. The molecule has 0 aromatic carbocycles. The molecule has 1 aromatic heterocycles. The number of nitrogens with zero attached hydrogens (tertiary/aromatic N) is 1. The van der Waals surface area contributed by atoms with E-state index in [1.165, 1.54) is 0 Å². The lowest BCUT2D eigenvalue weighted by Gasteiger charge is -2.09. The van der Waals surface area contributed by atoms with Gasteiger partial charge in [0.2, 0.25) is 5.91 Å². The summed E-state index contributed by atoms with van der Waals surface area (Å²) in [5.41, 5.74) is 1.03. The summed E-state index contributed by atoms with van der Waals surface area (Å²) >= 11 is 0. The first-order valence-corrected chi connectivity index (χ1v) is 5.98. The van der Waals surface area contributed by atoms with E-state index in [9.17, 15) is 9.59 Å².